The lowest BCUT2D eigenvalue weighted by Crippen LogP contribution is -2.33. The molecule has 1 aromatic heterocycles. The van der Waals surface area contributed by atoms with Crippen LogP contribution in [0.25, 0.3) is 10.9 Å². The molecule has 2 aromatic carbocycles. The van der Waals surface area contributed by atoms with Gasteiger partial charge in [-0.05, 0) is 50.1 Å². The van der Waals surface area contributed by atoms with Crippen molar-refractivity contribution in [2.75, 3.05) is 19.8 Å². The van der Waals surface area contributed by atoms with Crippen molar-refractivity contribution in [2.45, 2.75) is 26.8 Å². The molecule has 3 rings (SSSR count). The largest absolute Gasteiger partial charge is 0.490 e. The normalized spacial score (nSPS) is 10.7. The van der Waals surface area contributed by atoms with Gasteiger partial charge < -0.3 is 14.8 Å². The van der Waals surface area contributed by atoms with E-state index in [9.17, 15) is 9.59 Å². The molecule has 0 unspecified atom stereocenters. The van der Waals surface area contributed by atoms with Crippen LogP contribution in [0.4, 0.5) is 0 Å². The van der Waals surface area contributed by atoms with Crippen LogP contribution in [-0.4, -0.2) is 35.2 Å². The van der Waals surface area contributed by atoms with Gasteiger partial charge in [0.05, 0.1) is 30.4 Å². The van der Waals surface area contributed by atoms with Crippen LogP contribution in [0.2, 0.25) is 0 Å². The number of hydrogen-bond donors (Lipinski definition) is 1. The monoisotopic (exact) mass is 395 g/mol. The van der Waals surface area contributed by atoms with Gasteiger partial charge in [0.15, 0.2) is 11.5 Å². The summed E-state index contributed by atoms with van der Waals surface area (Å²) in [6.07, 6.45) is 2.05. The molecule has 7 nitrogen and oxygen atoms in total. The van der Waals surface area contributed by atoms with Crippen LogP contribution >= 0.6 is 0 Å². The van der Waals surface area contributed by atoms with Crippen molar-refractivity contribution >= 4 is 16.8 Å². The second-order valence-electron chi connectivity index (χ2n) is 6.44. The van der Waals surface area contributed by atoms with Gasteiger partial charge in [-0.15, -0.1) is 0 Å². The first kappa shape index (κ1) is 20.4. The fraction of sp³-hybridized carbons (Fsp3) is 0.318. The third-order valence-electron chi connectivity index (χ3n) is 4.39. The molecule has 1 N–H and O–H groups in total. The van der Waals surface area contributed by atoms with Gasteiger partial charge in [-0.1, -0.05) is 18.2 Å². The van der Waals surface area contributed by atoms with E-state index in [1.807, 2.05) is 38.1 Å². The maximum atomic E-state index is 12.5. The predicted octanol–water partition coefficient (Wildman–Crippen LogP) is 2.55. The van der Waals surface area contributed by atoms with E-state index in [0.717, 1.165) is 5.56 Å². The Hall–Kier alpha value is -3.35. The van der Waals surface area contributed by atoms with Gasteiger partial charge in [0, 0.05) is 6.54 Å². The molecule has 29 heavy (non-hydrogen) atoms. The highest BCUT2D eigenvalue weighted by Gasteiger charge is 2.09. The van der Waals surface area contributed by atoms with Crippen LogP contribution in [-0.2, 0) is 17.8 Å². The minimum absolute atomic E-state index is 0.0653. The lowest BCUT2D eigenvalue weighted by atomic mass is 10.1. The number of hydrogen-bond acceptors (Lipinski definition) is 5. The van der Waals surface area contributed by atoms with Gasteiger partial charge in [0.1, 0.15) is 6.54 Å². The molecule has 0 atom stereocenters. The van der Waals surface area contributed by atoms with Gasteiger partial charge in [-0.3, -0.25) is 14.2 Å². The number of amides is 1. The molecule has 0 aliphatic heterocycles. The molecule has 0 radical (unpaired) electrons. The average molecular weight is 395 g/mol. The molecular weight excluding hydrogens is 370 g/mol. The van der Waals surface area contributed by atoms with Crippen molar-refractivity contribution in [1.82, 2.24) is 14.9 Å². The summed E-state index contributed by atoms with van der Waals surface area (Å²) >= 11 is 0. The molecule has 0 saturated heterocycles. The van der Waals surface area contributed by atoms with Gasteiger partial charge in [0.2, 0.25) is 5.91 Å². The highest BCUT2D eigenvalue weighted by atomic mass is 16.5. The van der Waals surface area contributed by atoms with Crippen LogP contribution in [0.15, 0.2) is 53.6 Å². The number of para-hydroxylation sites is 1. The van der Waals surface area contributed by atoms with Gasteiger partial charge in [-0.25, -0.2) is 4.98 Å². The van der Waals surface area contributed by atoms with Crippen LogP contribution in [0.3, 0.4) is 0 Å². The fourth-order valence-corrected chi connectivity index (χ4v) is 3.03. The SMILES string of the molecule is CCOc1ccc(CCNC(=O)Cn2cnc3ccccc3c2=O)cc1OCC. The topological polar surface area (TPSA) is 82.5 Å². The zero-order valence-corrected chi connectivity index (χ0v) is 16.7. The zero-order valence-electron chi connectivity index (χ0n) is 16.7. The summed E-state index contributed by atoms with van der Waals surface area (Å²) in [7, 11) is 0. The summed E-state index contributed by atoms with van der Waals surface area (Å²) in [5, 5.41) is 3.35. The molecule has 0 saturated carbocycles. The molecule has 0 fully saturated rings. The number of nitrogens with one attached hydrogen (secondary N) is 1. The number of benzene rings is 2. The summed E-state index contributed by atoms with van der Waals surface area (Å²) in [4.78, 5) is 28.9. The molecule has 1 amide bonds. The maximum absolute atomic E-state index is 12.5. The Kier molecular flexibility index (Phi) is 6.84. The first-order valence-corrected chi connectivity index (χ1v) is 9.71. The van der Waals surface area contributed by atoms with E-state index in [1.54, 1.807) is 18.2 Å². The summed E-state index contributed by atoms with van der Waals surface area (Å²) in [5.41, 5.74) is 1.43. The Morgan fingerprint density at radius 3 is 2.62 bits per heavy atom. The van der Waals surface area contributed by atoms with Crippen LogP contribution in [0.1, 0.15) is 19.4 Å². The molecule has 0 aliphatic carbocycles. The lowest BCUT2D eigenvalue weighted by molar-refractivity contribution is -0.121. The van der Waals surface area contributed by atoms with E-state index in [2.05, 4.69) is 10.3 Å². The van der Waals surface area contributed by atoms with Crippen LogP contribution in [0.5, 0.6) is 11.5 Å². The third-order valence-corrected chi connectivity index (χ3v) is 4.39. The minimum Gasteiger partial charge on any atom is -0.490 e. The van der Waals surface area contributed by atoms with Gasteiger partial charge >= 0.3 is 0 Å². The van der Waals surface area contributed by atoms with Crippen molar-refractivity contribution in [2.24, 2.45) is 0 Å². The van der Waals surface area contributed by atoms with Crippen molar-refractivity contribution < 1.29 is 14.3 Å². The molecule has 0 aliphatic rings. The summed E-state index contributed by atoms with van der Waals surface area (Å²) in [5.74, 6) is 1.18. The van der Waals surface area contributed by atoms with E-state index < -0.39 is 0 Å². The number of fused-ring (bicyclic) bond motifs is 1. The Labute approximate surface area is 169 Å². The predicted molar refractivity (Wildman–Crippen MR) is 111 cm³/mol. The van der Waals surface area contributed by atoms with Crippen LogP contribution < -0.4 is 20.3 Å². The first-order valence-electron chi connectivity index (χ1n) is 9.71. The molecule has 0 spiro atoms. The Bertz CT molecular complexity index is 1050. The number of ether oxygens (including phenoxy) is 2. The van der Waals surface area contributed by atoms with E-state index in [0.29, 0.717) is 48.6 Å². The van der Waals surface area contributed by atoms with E-state index >= 15 is 0 Å². The minimum atomic E-state index is -0.236. The standard InChI is InChI=1S/C22H25N3O4/c1-3-28-19-10-9-16(13-20(19)29-4-2)11-12-23-21(26)14-25-15-24-18-8-6-5-7-17(18)22(25)27/h5-10,13,15H,3-4,11-12,14H2,1-2H3,(H,23,26). The van der Waals surface area contributed by atoms with E-state index in [4.69, 9.17) is 9.47 Å². The van der Waals surface area contributed by atoms with Crippen molar-refractivity contribution in [3.05, 3.63) is 64.7 Å². The van der Waals surface area contributed by atoms with Crippen molar-refractivity contribution in [3.8, 4) is 11.5 Å². The quantitative estimate of drug-likeness (QED) is 0.602. The fourth-order valence-electron chi connectivity index (χ4n) is 3.03. The summed E-state index contributed by atoms with van der Waals surface area (Å²) < 4.78 is 12.5. The molecule has 1 heterocycles. The molecular formula is C22H25N3O4. The number of carbonyl (C=O) groups excluding carboxylic acids is 1. The second kappa shape index (κ2) is 9.73. The summed E-state index contributed by atoms with van der Waals surface area (Å²) in [6.45, 7) is 5.35. The Morgan fingerprint density at radius 1 is 1.07 bits per heavy atom. The van der Waals surface area contributed by atoms with Gasteiger partial charge in [0.25, 0.3) is 5.56 Å². The molecule has 7 heteroatoms. The first-order chi connectivity index (χ1) is 14.1. The summed E-state index contributed by atoms with van der Waals surface area (Å²) in [6, 6.07) is 12.9. The van der Waals surface area contributed by atoms with Crippen molar-refractivity contribution in [3.63, 3.8) is 0 Å². The number of aromatic nitrogens is 2. The molecule has 3 aromatic rings. The second-order valence-corrected chi connectivity index (χ2v) is 6.44. The average Bonchev–Trinajstić information content (AvgIpc) is 2.72. The lowest BCUT2D eigenvalue weighted by Gasteiger charge is -2.13. The third kappa shape index (κ3) is 5.13. The Morgan fingerprint density at radius 2 is 1.83 bits per heavy atom. The molecule has 0 bridgehead atoms. The number of nitrogens with zero attached hydrogens (tertiary/aromatic N) is 2. The smallest absolute Gasteiger partial charge is 0.261 e. The van der Waals surface area contributed by atoms with E-state index in [-0.39, 0.29) is 18.0 Å². The van der Waals surface area contributed by atoms with Crippen LogP contribution in [0, 0.1) is 0 Å². The number of rotatable bonds is 9. The highest BCUT2D eigenvalue weighted by molar-refractivity contribution is 5.78. The molecule has 152 valence electrons. The van der Waals surface area contributed by atoms with Gasteiger partial charge in [-0.2, -0.15) is 0 Å². The van der Waals surface area contributed by atoms with Crippen molar-refractivity contribution in [1.29, 1.82) is 0 Å². The maximum Gasteiger partial charge on any atom is 0.261 e. The zero-order chi connectivity index (χ0) is 20.6. The highest BCUT2D eigenvalue weighted by Crippen LogP contribution is 2.28. The van der Waals surface area contributed by atoms with E-state index in [1.165, 1.54) is 10.9 Å². The number of carbonyl (C=O) groups is 1. The Balaban J connectivity index is 1.58.